The van der Waals surface area contributed by atoms with Crippen molar-refractivity contribution in [2.24, 2.45) is 28.6 Å². The molecule has 26 heavy (non-hydrogen) atoms. The number of fused-ring (bicyclic) bond motifs is 5. The van der Waals surface area contributed by atoms with E-state index in [0.29, 0.717) is 43.0 Å². The standard InChI is InChI=1S/C22H32O4/c1-13-10-16-17-4-5-20(25)21(17,3)8-7-18(16)22(12-26-14(2)23)9-6-15(24)11-19(13)22/h16-18,20,25H,4-12H2,1-3H3/t16-,17-,18-,20-,21-,22-/m0/s1. The molecule has 4 aliphatic carbocycles. The largest absolute Gasteiger partial charge is 0.465 e. The van der Waals surface area contributed by atoms with E-state index >= 15 is 0 Å². The number of carbonyl (C=O) groups excluding carboxylic acids is 2. The highest BCUT2D eigenvalue weighted by molar-refractivity contribution is 5.83. The summed E-state index contributed by atoms with van der Waals surface area (Å²) in [5, 5.41) is 10.6. The molecule has 0 aromatic heterocycles. The molecule has 0 unspecified atom stereocenters. The van der Waals surface area contributed by atoms with Crippen LogP contribution in [0.1, 0.15) is 72.1 Å². The molecule has 4 aliphatic rings. The molecular formula is C22H32O4. The van der Waals surface area contributed by atoms with E-state index in [4.69, 9.17) is 4.74 Å². The fourth-order valence-electron chi connectivity index (χ4n) is 7.16. The van der Waals surface area contributed by atoms with Crippen LogP contribution in [0.5, 0.6) is 0 Å². The van der Waals surface area contributed by atoms with Crippen molar-refractivity contribution < 1.29 is 19.4 Å². The Bertz CT molecular complexity index is 665. The van der Waals surface area contributed by atoms with E-state index in [9.17, 15) is 14.7 Å². The number of ketones is 1. The molecule has 0 aliphatic heterocycles. The number of aliphatic hydroxyl groups is 1. The number of Topliss-reactive ketones (excluding diaryl/α,β-unsaturated/α-hetero) is 1. The summed E-state index contributed by atoms with van der Waals surface area (Å²) in [6, 6.07) is 0. The highest BCUT2D eigenvalue weighted by Gasteiger charge is 2.60. The molecule has 4 rings (SSSR count). The van der Waals surface area contributed by atoms with Crippen LogP contribution in [0.4, 0.5) is 0 Å². The topological polar surface area (TPSA) is 63.6 Å². The van der Waals surface area contributed by atoms with Gasteiger partial charge in [0.15, 0.2) is 0 Å². The van der Waals surface area contributed by atoms with Gasteiger partial charge in [0, 0.05) is 25.2 Å². The Labute approximate surface area is 156 Å². The number of ether oxygens (including phenoxy) is 1. The van der Waals surface area contributed by atoms with Gasteiger partial charge >= 0.3 is 5.97 Å². The molecule has 0 heterocycles. The van der Waals surface area contributed by atoms with E-state index < -0.39 is 0 Å². The van der Waals surface area contributed by atoms with Gasteiger partial charge in [-0.25, -0.2) is 0 Å². The van der Waals surface area contributed by atoms with E-state index in [2.05, 4.69) is 13.8 Å². The van der Waals surface area contributed by atoms with Crippen molar-refractivity contribution in [2.45, 2.75) is 78.2 Å². The average Bonchev–Trinajstić information content (AvgIpc) is 2.90. The zero-order chi connectivity index (χ0) is 18.7. The molecule has 3 saturated carbocycles. The van der Waals surface area contributed by atoms with Crippen LogP contribution in [0.15, 0.2) is 11.1 Å². The molecule has 4 nitrogen and oxygen atoms in total. The second kappa shape index (κ2) is 6.19. The summed E-state index contributed by atoms with van der Waals surface area (Å²) in [6.07, 6.45) is 6.95. The first-order chi connectivity index (χ1) is 12.3. The lowest BCUT2D eigenvalue weighted by Gasteiger charge is -2.58. The van der Waals surface area contributed by atoms with E-state index in [1.165, 1.54) is 18.1 Å². The van der Waals surface area contributed by atoms with Gasteiger partial charge in [-0.05, 0) is 68.6 Å². The van der Waals surface area contributed by atoms with Crippen molar-refractivity contribution in [3.8, 4) is 0 Å². The molecule has 144 valence electrons. The number of hydrogen-bond donors (Lipinski definition) is 1. The van der Waals surface area contributed by atoms with Gasteiger partial charge in [0.1, 0.15) is 12.4 Å². The highest BCUT2D eigenvalue weighted by atomic mass is 16.5. The molecule has 3 fully saturated rings. The number of carbonyl (C=O) groups is 2. The van der Waals surface area contributed by atoms with E-state index in [1.54, 1.807) is 0 Å². The molecule has 0 saturated heterocycles. The summed E-state index contributed by atoms with van der Waals surface area (Å²) in [7, 11) is 0. The quantitative estimate of drug-likeness (QED) is 0.601. The first-order valence-corrected chi connectivity index (χ1v) is 10.3. The maximum Gasteiger partial charge on any atom is 0.302 e. The van der Waals surface area contributed by atoms with Crippen LogP contribution in [0.25, 0.3) is 0 Å². The predicted octanol–water partition coefficient (Wildman–Crippen LogP) is 3.81. The molecule has 0 spiro atoms. The Morgan fingerprint density at radius 1 is 1.23 bits per heavy atom. The molecule has 6 atom stereocenters. The Morgan fingerprint density at radius 3 is 2.73 bits per heavy atom. The van der Waals surface area contributed by atoms with Crippen LogP contribution in [0.2, 0.25) is 0 Å². The van der Waals surface area contributed by atoms with Crippen molar-refractivity contribution in [3.63, 3.8) is 0 Å². The zero-order valence-electron chi connectivity index (χ0n) is 16.3. The minimum atomic E-state index is -0.229. The molecule has 0 amide bonds. The van der Waals surface area contributed by atoms with Crippen LogP contribution < -0.4 is 0 Å². The second-order valence-electron chi connectivity index (χ2n) is 9.63. The van der Waals surface area contributed by atoms with Gasteiger partial charge in [-0.1, -0.05) is 18.1 Å². The summed E-state index contributed by atoms with van der Waals surface area (Å²) in [6.45, 7) is 6.37. The number of aliphatic hydroxyl groups excluding tert-OH is 1. The first kappa shape index (κ1) is 18.2. The molecule has 1 N–H and O–H groups in total. The van der Waals surface area contributed by atoms with Gasteiger partial charge in [-0.2, -0.15) is 0 Å². The fraction of sp³-hybridized carbons (Fsp3) is 0.818. The lowest BCUT2D eigenvalue weighted by Crippen LogP contribution is -2.54. The average molecular weight is 360 g/mol. The summed E-state index contributed by atoms with van der Waals surface area (Å²) >= 11 is 0. The van der Waals surface area contributed by atoms with Crippen LogP contribution >= 0.6 is 0 Å². The van der Waals surface area contributed by atoms with Crippen molar-refractivity contribution >= 4 is 11.8 Å². The maximum absolute atomic E-state index is 12.2. The van der Waals surface area contributed by atoms with Gasteiger partial charge < -0.3 is 9.84 Å². The molecule has 0 aromatic rings. The van der Waals surface area contributed by atoms with Crippen LogP contribution in [-0.4, -0.2) is 29.6 Å². The van der Waals surface area contributed by atoms with E-state index in [1.807, 2.05) is 0 Å². The lowest BCUT2D eigenvalue weighted by atomic mass is 9.46. The third kappa shape index (κ3) is 2.51. The summed E-state index contributed by atoms with van der Waals surface area (Å²) in [5.74, 6) is 1.65. The number of allylic oxidation sites excluding steroid dienone is 1. The Kier molecular flexibility index (Phi) is 4.33. The molecular weight excluding hydrogens is 328 g/mol. The van der Waals surface area contributed by atoms with E-state index in [0.717, 1.165) is 38.5 Å². The molecule has 0 bridgehead atoms. The summed E-state index contributed by atoms with van der Waals surface area (Å²) in [5.41, 5.74) is 2.50. The summed E-state index contributed by atoms with van der Waals surface area (Å²) in [4.78, 5) is 23.8. The second-order valence-corrected chi connectivity index (χ2v) is 9.63. The van der Waals surface area contributed by atoms with Gasteiger partial charge in [0.05, 0.1) is 6.10 Å². The third-order valence-electron chi connectivity index (χ3n) is 8.51. The fourth-order valence-corrected chi connectivity index (χ4v) is 7.16. The third-order valence-corrected chi connectivity index (χ3v) is 8.51. The van der Waals surface area contributed by atoms with Crippen LogP contribution in [0, 0.1) is 28.6 Å². The van der Waals surface area contributed by atoms with Crippen molar-refractivity contribution in [3.05, 3.63) is 11.1 Å². The van der Waals surface area contributed by atoms with E-state index in [-0.39, 0.29) is 22.9 Å². The Balaban J connectivity index is 1.75. The molecule has 4 heteroatoms. The Hall–Kier alpha value is -1.16. The van der Waals surface area contributed by atoms with Crippen molar-refractivity contribution in [2.75, 3.05) is 6.61 Å². The predicted molar refractivity (Wildman–Crippen MR) is 98.3 cm³/mol. The smallest absolute Gasteiger partial charge is 0.302 e. The molecule has 0 radical (unpaired) electrons. The van der Waals surface area contributed by atoms with Crippen LogP contribution in [-0.2, 0) is 14.3 Å². The number of esters is 1. The van der Waals surface area contributed by atoms with Crippen molar-refractivity contribution in [1.29, 1.82) is 0 Å². The number of rotatable bonds is 2. The zero-order valence-corrected chi connectivity index (χ0v) is 16.3. The normalized spacial score (nSPS) is 45.0. The minimum Gasteiger partial charge on any atom is -0.465 e. The summed E-state index contributed by atoms with van der Waals surface area (Å²) < 4.78 is 5.60. The van der Waals surface area contributed by atoms with Crippen LogP contribution in [0.3, 0.4) is 0 Å². The maximum atomic E-state index is 12.2. The van der Waals surface area contributed by atoms with Crippen molar-refractivity contribution in [1.82, 2.24) is 0 Å². The van der Waals surface area contributed by atoms with Gasteiger partial charge in [0.2, 0.25) is 0 Å². The SMILES string of the molecule is CC(=O)OC[C@]12CCC(=O)CC1=C(C)C[C@@H]1[C@@H]2CC[C@]2(C)[C@@H](O)CC[C@@H]12. The lowest BCUT2D eigenvalue weighted by molar-refractivity contribution is -0.150. The highest BCUT2D eigenvalue weighted by Crippen LogP contribution is 2.65. The Morgan fingerprint density at radius 2 is 2.00 bits per heavy atom. The number of hydrogen-bond acceptors (Lipinski definition) is 4. The monoisotopic (exact) mass is 360 g/mol. The van der Waals surface area contributed by atoms with Gasteiger partial charge in [-0.3, -0.25) is 9.59 Å². The van der Waals surface area contributed by atoms with Gasteiger partial charge in [-0.15, -0.1) is 0 Å². The molecule has 0 aromatic carbocycles. The first-order valence-electron chi connectivity index (χ1n) is 10.3. The minimum absolute atomic E-state index is 0.0338. The van der Waals surface area contributed by atoms with Gasteiger partial charge in [0.25, 0.3) is 0 Å².